The van der Waals surface area contributed by atoms with E-state index < -0.39 is 133 Å². The number of hydrogen-bond acceptors (Lipinski definition) is 5. The van der Waals surface area contributed by atoms with E-state index in [9.17, 15) is 132 Å². The number of rotatable bonds is 20. The molecule has 3 N–H and O–H groups in total. The van der Waals surface area contributed by atoms with E-state index in [4.69, 9.17) is 4.55 Å². The molecule has 0 aliphatic carbocycles. The quantitative estimate of drug-likeness (QED) is 0.0586. The molecule has 1 atom stereocenters. The monoisotopic (exact) mass is 923 g/mol. The van der Waals surface area contributed by atoms with Crippen LogP contribution in [0.15, 0.2) is 0 Å². The summed E-state index contributed by atoms with van der Waals surface area (Å²) in [5, 5.41) is 1.52. The van der Waals surface area contributed by atoms with Crippen molar-refractivity contribution >= 4 is 20.1 Å². The van der Waals surface area contributed by atoms with Crippen LogP contribution in [0.4, 0.5) is 110 Å². The molecule has 0 aliphatic rings. The SMILES string of the molecule is C[N+](C)(CCCNS(=O)(=O)C(F)(F)C(F)(F)C(F)(F)C(F)(F)C(F)(F)C(F)(F)C(F)(F)C(F)(F)C(F)(F)C(F)(F)C(F)(F)C(F)(F)F)CC(O)CS(=O)(=O)O. The smallest absolute Gasteiger partial charge is 0.386 e. The number of hydrogen-bond donors (Lipinski definition) is 3. The van der Waals surface area contributed by atoms with E-state index in [1.165, 1.54) is 0 Å². The predicted octanol–water partition coefficient (Wildman–Crippen LogP) is 6.13. The molecule has 0 fully saturated rings. The first-order valence-electron chi connectivity index (χ1n) is 13.0. The Morgan fingerprint density at radius 1 is 0.509 bits per heavy atom. The van der Waals surface area contributed by atoms with Crippen molar-refractivity contribution in [1.29, 1.82) is 0 Å². The van der Waals surface area contributed by atoms with Crippen molar-refractivity contribution in [1.82, 2.24) is 4.72 Å². The molecule has 0 saturated carbocycles. The maximum Gasteiger partial charge on any atom is 0.460 e. The Balaban J connectivity index is 6.87. The standard InChI is InChI=1S/C20H19F25N2O6S2/c1-47(2,6-8(48)7-54(49,50)51)5-3-4-46-55(52,53)20(44,45)18(39,40)16(35,36)14(31,32)12(27,28)10(23,24)9(21,22)11(25,26)13(29,30)15(33,34)17(37,38)19(41,42)43/h8,46,48H,3-7H2,1-2H3/p+1. The van der Waals surface area contributed by atoms with Crippen LogP contribution in [0.1, 0.15) is 6.42 Å². The number of halogens is 25. The number of likely N-dealkylation sites (N-methyl/N-ethyl adjacent to an activating group) is 1. The first kappa shape index (κ1) is 53.0. The van der Waals surface area contributed by atoms with Gasteiger partial charge in [-0.05, 0) is 0 Å². The summed E-state index contributed by atoms with van der Waals surface area (Å²) < 4.78 is 393. The van der Waals surface area contributed by atoms with Gasteiger partial charge in [0, 0.05) is 13.0 Å². The van der Waals surface area contributed by atoms with E-state index in [1.807, 2.05) is 0 Å². The zero-order valence-electron chi connectivity index (χ0n) is 25.9. The van der Waals surface area contributed by atoms with Crippen molar-refractivity contribution in [2.75, 3.05) is 39.5 Å². The molecule has 332 valence electrons. The van der Waals surface area contributed by atoms with Crippen LogP contribution in [0.2, 0.25) is 0 Å². The van der Waals surface area contributed by atoms with Crippen LogP contribution in [0, 0.1) is 0 Å². The Kier molecular flexibility index (Phi) is 13.8. The summed E-state index contributed by atoms with van der Waals surface area (Å²) in [5.74, 6) is -95.6. The molecule has 0 rings (SSSR count). The number of nitrogens with zero attached hydrogens (tertiary/aromatic N) is 1. The number of aliphatic hydroxyl groups excluding tert-OH is 1. The first-order valence-corrected chi connectivity index (χ1v) is 16.1. The van der Waals surface area contributed by atoms with Crippen molar-refractivity contribution in [2.45, 2.75) is 83.2 Å². The highest BCUT2D eigenvalue weighted by atomic mass is 32.2. The molecular weight excluding hydrogens is 903 g/mol. The van der Waals surface area contributed by atoms with Gasteiger partial charge in [-0.3, -0.25) is 4.55 Å². The third-order valence-corrected chi connectivity index (χ3v) is 9.27. The second-order valence-electron chi connectivity index (χ2n) is 11.8. The maximum absolute atomic E-state index is 14.2. The first-order chi connectivity index (χ1) is 23.3. The minimum Gasteiger partial charge on any atom is -0.386 e. The van der Waals surface area contributed by atoms with E-state index in [-0.39, 0.29) is 4.72 Å². The second-order valence-corrected chi connectivity index (χ2v) is 15.1. The van der Waals surface area contributed by atoms with E-state index in [0.29, 0.717) is 0 Å². The van der Waals surface area contributed by atoms with Crippen molar-refractivity contribution in [2.24, 2.45) is 0 Å². The Bertz CT molecular complexity index is 1590. The molecule has 0 saturated heterocycles. The molecule has 55 heavy (non-hydrogen) atoms. The van der Waals surface area contributed by atoms with Gasteiger partial charge < -0.3 is 9.59 Å². The van der Waals surface area contributed by atoms with Gasteiger partial charge in [0.25, 0.3) is 20.1 Å². The van der Waals surface area contributed by atoms with Crippen LogP contribution in [-0.4, -0.2) is 147 Å². The summed E-state index contributed by atoms with van der Waals surface area (Å²) in [6.07, 6.45) is -11.2. The molecular formula is C20H20F25N2O6S2+. The van der Waals surface area contributed by atoms with Gasteiger partial charge in [-0.15, -0.1) is 0 Å². The second kappa shape index (κ2) is 14.4. The predicted molar refractivity (Wildman–Crippen MR) is 126 cm³/mol. The largest absolute Gasteiger partial charge is 0.460 e. The zero-order valence-corrected chi connectivity index (χ0v) is 27.5. The molecule has 0 aromatic rings. The number of quaternary nitrogens is 1. The van der Waals surface area contributed by atoms with Gasteiger partial charge in [0.05, 0.1) is 20.6 Å². The number of alkyl halides is 25. The summed E-state index contributed by atoms with van der Waals surface area (Å²) in [5.41, 5.74) is 0. The third-order valence-electron chi connectivity index (χ3n) is 6.95. The van der Waals surface area contributed by atoms with E-state index in [2.05, 4.69) is 0 Å². The van der Waals surface area contributed by atoms with Crippen molar-refractivity contribution < 1.29 is 141 Å². The van der Waals surface area contributed by atoms with Crippen LogP contribution in [-0.2, 0) is 20.1 Å². The Labute approximate surface area is 289 Å². The molecule has 0 aromatic carbocycles. The van der Waals surface area contributed by atoms with Gasteiger partial charge in [0.15, 0.2) is 0 Å². The molecule has 0 aliphatic heterocycles. The highest BCUT2D eigenvalue weighted by Crippen LogP contribution is 2.68. The number of nitrogens with one attached hydrogen (secondary N) is 1. The Morgan fingerprint density at radius 3 is 1.05 bits per heavy atom. The number of sulfonamides is 1. The minimum atomic E-state index is -9.80. The summed E-state index contributed by atoms with van der Waals surface area (Å²) in [6, 6.07) is 0. The van der Waals surface area contributed by atoms with Crippen LogP contribution in [0.5, 0.6) is 0 Å². The fourth-order valence-corrected chi connectivity index (χ4v) is 5.52. The van der Waals surface area contributed by atoms with E-state index >= 15 is 0 Å². The summed E-state index contributed by atoms with van der Waals surface area (Å²) in [6.45, 7) is -3.18. The van der Waals surface area contributed by atoms with Gasteiger partial charge in [0.2, 0.25) is 0 Å². The van der Waals surface area contributed by atoms with Crippen molar-refractivity contribution in [3.05, 3.63) is 0 Å². The lowest BCUT2D eigenvalue weighted by molar-refractivity contribution is -0.893. The molecule has 8 nitrogen and oxygen atoms in total. The van der Waals surface area contributed by atoms with Crippen LogP contribution in [0.25, 0.3) is 0 Å². The summed E-state index contributed by atoms with van der Waals surface area (Å²) in [4.78, 5) is 0. The van der Waals surface area contributed by atoms with E-state index in [0.717, 1.165) is 14.1 Å². The van der Waals surface area contributed by atoms with Gasteiger partial charge in [0.1, 0.15) is 18.4 Å². The van der Waals surface area contributed by atoms with Crippen LogP contribution >= 0.6 is 0 Å². The highest BCUT2D eigenvalue weighted by molar-refractivity contribution is 7.90. The van der Waals surface area contributed by atoms with Crippen molar-refractivity contribution in [3.8, 4) is 0 Å². The lowest BCUT2D eigenvalue weighted by atomic mass is 9.85. The maximum atomic E-state index is 14.2. The average Bonchev–Trinajstić information content (AvgIpc) is 2.92. The Hall–Kier alpha value is -2.01. The molecule has 0 heterocycles. The zero-order chi connectivity index (χ0) is 45.3. The van der Waals surface area contributed by atoms with E-state index in [1.54, 1.807) is 0 Å². The van der Waals surface area contributed by atoms with Crippen LogP contribution < -0.4 is 4.72 Å². The third kappa shape index (κ3) is 8.32. The summed E-state index contributed by atoms with van der Waals surface area (Å²) >= 11 is 0. The van der Waals surface area contributed by atoms with Gasteiger partial charge >= 0.3 is 70.7 Å². The van der Waals surface area contributed by atoms with Gasteiger partial charge in [-0.25, -0.2) is 13.1 Å². The Morgan fingerprint density at radius 2 is 0.782 bits per heavy atom. The van der Waals surface area contributed by atoms with Crippen molar-refractivity contribution in [3.63, 3.8) is 0 Å². The van der Waals surface area contributed by atoms with Crippen LogP contribution in [0.3, 0.4) is 0 Å². The molecule has 35 heteroatoms. The number of aliphatic hydroxyl groups is 1. The topological polar surface area (TPSA) is 121 Å². The minimum absolute atomic E-state index is 0.265. The molecule has 0 spiro atoms. The highest BCUT2D eigenvalue weighted by Gasteiger charge is 3.00. The molecule has 0 radical (unpaired) electrons. The summed E-state index contributed by atoms with van der Waals surface area (Å²) in [7, 11) is -10.6. The van der Waals surface area contributed by atoms with Gasteiger partial charge in [-0.1, -0.05) is 0 Å². The average molecular weight is 923 g/mol. The lowest BCUT2D eigenvalue weighted by Gasteiger charge is -2.45. The molecule has 0 aromatic heterocycles. The molecule has 0 bridgehead atoms. The van der Waals surface area contributed by atoms with Gasteiger partial charge in [-0.2, -0.15) is 118 Å². The molecule has 0 amide bonds. The fourth-order valence-electron chi connectivity index (χ4n) is 3.87. The fraction of sp³-hybridized carbons (Fsp3) is 1.00. The normalized spacial score (nSPS) is 17.1. The molecule has 1 unspecified atom stereocenters. The lowest BCUT2D eigenvalue weighted by Crippen LogP contribution is -2.78.